The largest absolute Gasteiger partial charge is 0.493 e. The number of hydrogen-bond donors (Lipinski definition) is 4. The van der Waals surface area contributed by atoms with Gasteiger partial charge in [-0.05, 0) is 25.1 Å². The maximum absolute atomic E-state index is 11.0. The molecule has 2 aromatic carbocycles. The summed E-state index contributed by atoms with van der Waals surface area (Å²) in [4.78, 5) is 10.3. The number of nitro benzene ring substituents is 1. The Balaban J connectivity index is 0.000000367. The second-order valence-corrected chi connectivity index (χ2v) is 7.04. The molecule has 2 aromatic rings. The molecule has 0 spiro atoms. The van der Waals surface area contributed by atoms with E-state index in [1.165, 1.54) is 38.5 Å². The molecule has 0 aliphatic carbocycles. The lowest BCUT2D eigenvalue weighted by Gasteiger charge is -2.09. The van der Waals surface area contributed by atoms with E-state index in [0.717, 1.165) is 11.8 Å². The van der Waals surface area contributed by atoms with Crippen LogP contribution in [0.5, 0.6) is 11.5 Å². The number of guanidine groups is 1. The topological polar surface area (TPSA) is 199 Å². The fraction of sp³-hybridized carbons (Fsp3) is 0.176. The van der Waals surface area contributed by atoms with E-state index in [1.54, 1.807) is 17.6 Å². The number of methoxy groups -OCH3 is 2. The average molecular weight is 455 g/mol. The minimum atomic E-state index is -4.02. The molecule has 0 amide bonds. The van der Waals surface area contributed by atoms with Crippen molar-refractivity contribution in [3.8, 4) is 11.5 Å². The van der Waals surface area contributed by atoms with Crippen molar-refractivity contribution in [2.24, 2.45) is 15.9 Å². The van der Waals surface area contributed by atoms with Crippen molar-refractivity contribution in [1.29, 1.82) is 0 Å². The van der Waals surface area contributed by atoms with Gasteiger partial charge in [0.15, 0.2) is 11.5 Å². The third-order valence-corrected chi connectivity index (χ3v) is 4.41. The Morgan fingerprint density at radius 3 is 2.26 bits per heavy atom. The van der Waals surface area contributed by atoms with E-state index in [2.05, 4.69) is 10.2 Å². The summed E-state index contributed by atoms with van der Waals surface area (Å²) in [6.07, 6.45) is 1.07. The zero-order chi connectivity index (χ0) is 23.6. The molecular formula is C17H21N5O8S. The van der Waals surface area contributed by atoms with Gasteiger partial charge in [-0.15, -0.1) is 5.10 Å². The summed E-state index contributed by atoms with van der Waals surface area (Å²) in [5, 5.41) is 26.3. The van der Waals surface area contributed by atoms with Gasteiger partial charge < -0.3 is 15.2 Å². The molecule has 0 heterocycles. The SMILES string of the molecule is COc1ccc([N+](=O)[O-])c(/C=N/N=C(N)NO)c1OC.Cc1ccc(S(=O)(=O)O)cc1. The van der Waals surface area contributed by atoms with E-state index >= 15 is 0 Å². The van der Waals surface area contributed by atoms with Gasteiger partial charge >= 0.3 is 0 Å². The van der Waals surface area contributed by atoms with Crippen LogP contribution >= 0.6 is 0 Å². The first-order valence-corrected chi connectivity index (χ1v) is 9.69. The molecule has 0 fully saturated rings. The third kappa shape index (κ3) is 7.54. The quantitative estimate of drug-likeness (QED) is 0.163. The van der Waals surface area contributed by atoms with E-state index in [4.69, 9.17) is 25.0 Å². The highest BCUT2D eigenvalue weighted by Gasteiger charge is 2.21. The van der Waals surface area contributed by atoms with Gasteiger partial charge in [0.25, 0.3) is 15.8 Å². The molecule has 0 unspecified atom stereocenters. The van der Waals surface area contributed by atoms with Gasteiger partial charge in [-0.3, -0.25) is 19.9 Å². The third-order valence-electron chi connectivity index (χ3n) is 3.54. The molecule has 14 heteroatoms. The Morgan fingerprint density at radius 2 is 1.81 bits per heavy atom. The lowest BCUT2D eigenvalue weighted by molar-refractivity contribution is -0.385. The fourth-order valence-corrected chi connectivity index (χ4v) is 2.59. The predicted octanol–water partition coefficient (Wildman–Crippen LogP) is 1.48. The maximum atomic E-state index is 11.0. The zero-order valence-corrected chi connectivity index (χ0v) is 17.5. The highest BCUT2D eigenvalue weighted by Crippen LogP contribution is 2.35. The second-order valence-electron chi connectivity index (χ2n) is 5.62. The van der Waals surface area contributed by atoms with Gasteiger partial charge in [0, 0.05) is 6.07 Å². The van der Waals surface area contributed by atoms with Crippen molar-refractivity contribution < 1.29 is 32.6 Å². The second kappa shape index (κ2) is 11.4. The molecule has 0 saturated heterocycles. The van der Waals surface area contributed by atoms with Crippen LogP contribution in [0.25, 0.3) is 0 Å². The van der Waals surface area contributed by atoms with Gasteiger partial charge in [0.2, 0.25) is 5.96 Å². The molecule has 5 N–H and O–H groups in total. The molecule has 0 aliphatic rings. The van der Waals surface area contributed by atoms with Crippen LogP contribution in [0.15, 0.2) is 51.5 Å². The van der Waals surface area contributed by atoms with Crippen LogP contribution in [-0.4, -0.2) is 49.5 Å². The first-order chi connectivity index (χ1) is 14.5. The minimum absolute atomic E-state index is 0.0614. The van der Waals surface area contributed by atoms with Crippen LogP contribution in [0.1, 0.15) is 11.1 Å². The van der Waals surface area contributed by atoms with Crippen LogP contribution in [0.2, 0.25) is 0 Å². The number of nitro groups is 1. The van der Waals surface area contributed by atoms with Gasteiger partial charge in [-0.1, -0.05) is 17.7 Å². The van der Waals surface area contributed by atoms with Crippen molar-refractivity contribution in [2.45, 2.75) is 11.8 Å². The van der Waals surface area contributed by atoms with Gasteiger partial charge in [0.1, 0.15) is 5.56 Å². The number of nitrogens with one attached hydrogen (secondary N) is 1. The Bertz CT molecular complexity index is 1070. The molecule has 0 radical (unpaired) electrons. The molecule has 31 heavy (non-hydrogen) atoms. The van der Waals surface area contributed by atoms with Crippen LogP contribution in [0.3, 0.4) is 0 Å². The highest BCUT2D eigenvalue weighted by molar-refractivity contribution is 7.85. The van der Waals surface area contributed by atoms with Crippen LogP contribution in [-0.2, 0) is 10.1 Å². The lowest BCUT2D eigenvalue weighted by atomic mass is 10.1. The summed E-state index contributed by atoms with van der Waals surface area (Å²) in [7, 11) is -1.28. The van der Waals surface area contributed by atoms with E-state index in [0.29, 0.717) is 5.75 Å². The Hall–Kier alpha value is -3.75. The summed E-state index contributed by atoms with van der Waals surface area (Å²) in [6.45, 7) is 1.84. The molecule has 0 aromatic heterocycles. The molecule has 13 nitrogen and oxygen atoms in total. The number of aryl methyl sites for hydroxylation is 1. The normalized spacial score (nSPS) is 11.5. The van der Waals surface area contributed by atoms with Crippen LogP contribution in [0.4, 0.5) is 5.69 Å². The molecule has 168 valence electrons. The molecule has 0 atom stereocenters. The van der Waals surface area contributed by atoms with E-state index < -0.39 is 15.0 Å². The van der Waals surface area contributed by atoms with Crippen molar-refractivity contribution in [1.82, 2.24) is 5.48 Å². The smallest absolute Gasteiger partial charge is 0.294 e. The first-order valence-electron chi connectivity index (χ1n) is 8.25. The standard InChI is InChI=1S/C10H13N5O5.C7H8O3S/c1-19-8-4-3-7(15(17)18)6(9(8)20-2)5-12-13-10(11)14-16;1-6-2-4-7(5-3-6)11(8,9)10/h3-5,16H,1-2H3,(H3,11,13,14);2-5H,1H3,(H,8,9,10)/b12-5+;. The lowest BCUT2D eigenvalue weighted by Crippen LogP contribution is -2.27. The Kier molecular flexibility index (Phi) is 9.33. The number of nitrogens with zero attached hydrogens (tertiary/aromatic N) is 3. The van der Waals surface area contributed by atoms with Crippen molar-refractivity contribution in [3.05, 3.63) is 57.6 Å². The Labute approximate surface area is 177 Å². The molecule has 0 bridgehead atoms. The number of ether oxygens (including phenoxy) is 2. The number of benzene rings is 2. The van der Waals surface area contributed by atoms with Crippen molar-refractivity contribution in [2.75, 3.05) is 14.2 Å². The minimum Gasteiger partial charge on any atom is -0.493 e. The average Bonchev–Trinajstić information content (AvgIpc) is 2.72. The van der Waals surface area contributed by atoms with Gasteiger partial charge in [0.05, 0.1) is 30.3 Å². The van der Waals surface area contributed by atoms with Gasteiger partial charge in [-0.2, -0.15) is 13.5 Å². The predicted molar refractivity (Wildman–Crippen MR) is 111 cm³/mol. The van der Waals surface area contributed by atoms with Crippen LogP contribution < -0.4 is 20.7 Å². The summed E-state index contributed by atoms with van der Waals surface area (Å²) < 4.78 is 39.7. The summed E-state index contributed by atoms with van der Waals surface area (Å²) in [5.74, 6) is 0.0683. The number of rotatable bonds is 6. The summed E-state index contributed by atoms with van der Waals surface area (Å²) in [6, 6.07) is 8.64. The molecule has 2 rings (SSSR count). The van der Waals surface area contributed by atoms with E-state index in [-0.39, 0.29) is 27.9 Å². The molecular weight excluding hydrogens is 434 g/mol. The summed E-state index contributed by atoms with van der Waals surface area (Å²) >= 11 is 0. The number of nitrogens with two attached hydrogens (primary N) is 1. The molecule has 0 aliphatic heterocycles. The van der Waals surface area contributed by atoms with Gasteiger partial charge in [-0.25, -0.2) is 5.48 Å². The maximum Gasteiger partial charge on any atom is 0.294 e. The zero-order valence-electron chi connectivity index (χ0n) is 16.7. The van der Waals surface area contributed by atoms with Crippen molar-refractivity contribution >= 4 is 28.0 Å². The number of hydrogen-bond acceptors (Lipinski definition) is 9. The summed E-state index contributed by atoms with van der Waals surface area (Å²) in [5.41, 5.74) is 7.49. The number of hydroxylamine groups is 1. The fourth-order valence-electron chi connectivity index (χ4n) is 2.11. The van der Waals surface area contributed by atoms with Crippen molar-refractivity contribution in [3.63, 3.8) is 0 Å². The molecule has 0 saturated carbocycles. The van der Waals surface area contributed by atoms with E-state index in [9.17, 15) is 18.5 Å². The monoisotopic (exact) mass is 455 g/mol. The van der Waals surface area contributed by atoms with E-state index in [1.807, 2.05) is 6.92 Å². The van der Waals surface area contributed by atoms with Crippen LogP contribution in [0, 0.1) is 17.0 Å². The highest BCUT2D eigenvalue weighted by atomic mass is 32.2. The first kappa shape index (κ1) is 25.3. The Morgan fingerprint density at radius 1 is 1.19 bits per heavy atom.